The van der Waals surface area contributed by atoms with Gasteiger partial charge in [-0.3, -0.25) is 9.55 Å². The highest BCUT2D eigenvalue weighted by molar-refractivity contribution is 5.97. The first-order valence-corrected chi connectivity index (χ1v) is 16.7. The van der Waals surface area contributed by atoms with E-state index in [0.29, 0.717) is 50.4 Å². The Hall–Kier alpha value is -6.26. The molecular formula is C48H41N3O. The highest BCUT2D eigenvalue weighted by atomic mass is 16.3. The average Bonchev–Trinajstić information content (AvgIpc) is 3.64. The molecule has 2 heterocycles. The molecule has 8 rings (SSSR count). The van der Waals surface area contributed by atoms with Crippen LogP contribution in [-0.4, -0.2) is 19.6 Å². The predicted molar refractivity (Wildman–Crippen MR) is 216 cm³/mol. The van der Waals surface area contributed by atoms with E-state index < -0.39 is 78.2 Å². The van der Waals surface area contributed by atoms with Crippen molar-refractivity contribution < 1.29 is 22.9 Å². The van der Waals surface area contributed by atoms with Crippen molar-refractivity contribution in [2.24, 2.45) is 0 Å². The van der Waals surface area contributed by atoms with Gasteiger partial charge >= 0.3 is 0 Å². The molecule has 1 N–H and O–H groups in total. The fraction of sp³-hybridized carbons (Fsp3) is 0.125. The molecule has 0 saturated carbocycles. The Morgan fingerprint density at radius 2 is 1.38 bits per heavy atom. The number of phenolic OH excluding ortho intramolecular Hbond substituents is 1. The number of nitrogens with zero attached hydrogens (tertiary/aromatic N) is 3. The molecule has 8 aromatic rings. The number of hydrogen-bond donors (Lipinski definition) is 1. The van der Waals surface area contributed by atoms with Gasteiger partial charge in [0.2, 0.25) is 0 Å². The highest BCUT2D eigenvalue weighted by Gasteiger charge is 2.22. The van der Waals surface area contributed by atoms with Crippen molar-refractivity contribution in [2.75, 3.05) is 0 Å². The van der Waals surface area contributed by atoms with Gasteiger partial charge in [-0.1, -0.05) is 117 Å². The summed E-state index contributed by atoms with van der Waals surface area (Å²) in [6.07, 6.45) is -0.604. The van der Waals surface area contributed by atoms with Gasteiger partial charge in [-0.2, -0.15) is 0 Å². The lowest BCUT2D eigenvalue weighted by atomic mass is 9.83. The minimum atomic E-state index is -2.98. The molecule has 254 valence electrons. The molecule has 0 aliphatic carbocycles. The summed E-state index contributed by atoms with van der Waals surface area (Å²) in [7, 11) is 0. The maximum atomic E-state index is 11.3. The summed E-state index contributed by atoms with van der Waals surface area (Å²) < 4.78 is 112. The van der Waals surface area contributed by atoms with Crippen molar-refractivity contribution in [3.05, 3.63) is 168 Å². The molecule has 0 aliphatic heterocycles. The largest absolute Gasteiger partial charge is 0.507 e. The predicted octanol–water partition coefficient (Wildman–Crippen LogP) is 12.4. The molecule has 0 fully saturated rings. The van der Waals surface area contributed by atoms with Crippen molar-refractivity contribution in [3.63, 3.8) is 0 Å². The monoisotopic (exact) mass is 688 g/mol. The van der Waals surface area contributed by atoms with Crippen LogP contribution in [0.1, 0.15) is 55.3 Å². The van der Waals surface area contributed by atoms with Crippen LogP contribution in [0.2, 0.25) is 0 Å². The quantitative estimate of drug-likeness (QED) is 0.189. The maximum Gasteiger partial charge on any atom is 0.149 e. The second kappa shape index (κ2) is 13.1. The van der Waals surface area contributed by atoms with E-state index in [2.05, 4.69) is 4.98 Å². The van der Waals surface area contributed by atoms with Gasteiger partial charge in [0, 0.05) is 31.2 Å². The molecule has 4 heteroatoms. The molecule has 52 heavy (non-hydrogen) atoms. The van der Waals surface area contributed by atoms with E-state index in [0.717, 1.165) is 11.1 Å². The third-order valence-corrected chi connectivity index (χ3v) is 8.96. The van der Waals surface area contributed by atoms with Gasteiger partial charge in [0.05, 0.1) is 31.9 Å². The summed E-state index contributed by atoms with van der Waals surface area (Å²) in [5.74, 6) is 0.273. The summed E-state index contributed by atoms with van der Waals surface area (Å²) in [5, 5.41) is 11.3. The smallest absolute Gasteiger partial charge is 0.149 e. The molecule has 0 radical (unpaired) electrons. The SMILES string of the molecule is [2H]c1nc(-c2cc(-c3cccc4c3nc(-c3ccccc3O)n4-c3cc(-c4ccccc4)cc(C([2H])([2H])[2H])c3)cc(C(C)(C)C)c2)c([2H])c(-c2c([2H])c([2H])c(C([2H])([2H])[2H])c([2H])c2[2H])c1[2H]. The topological polar surface area (TPSA) is 50.9 Å². The molecule has 2 aromatic heterocycles. The van der Waals surface area contributed by atoms with Gasteiger partial charge in [-0.15, -0.1) is 0 Å². The minimum absolute atomic E-state index is 0.0541. The Morgan fingerprint density at radius 3 is 2.15 bits per heavy atom. The zero-order valence-electron chi connectivity index (χ0n) is 41.7. The zero-order chi connectivity index (χ0) is 47.1. The van der Waals surface area contributed by atoms with E-state index in [4.69, 9.17) is 21.4 Å². The molecule has 0 spiro atoms. The fourth-order valence-electron chi connectivity index (χ4n) is 6.34. The van der Waals surface area contributed by atoms with Gasteiger partial charge < -0.3 is 5.11 Å². The number of para-hydroxylation sites is 2. The number of imidazole rings is 1. The molecule has 6 aromatic carbocycles. The van der Waals surface area contributed by atoms with E-state index in [1.165, 1.54) is 0 Å². The van der Waals surface area contributed by atoms with Crippen LogP contribution < -0.4 is 0 Å². The molecule has 0 amide bonds. The van der Waals surface area contributed by atoms with Gasteiger partial charge in [0.25, 0.3) is 0 Å². The van der Waals surface area contributed by atoms with Gasteiger partial charge in [0.1, 0.15) is 11.6 Å². The summed E-state index contributed by atoms with van der Waals surface area (Å²) in [4.78, 5) is 9.55. The lowest BCUT2D eigenvalue weighted by molar-refractivity contribution is 0.477. The van der Waals surface area contributed by atoms with Crippen LogP contribution in [0.4, 0.5) is 0 Å². The van der Waals surface area contributed by atoms with Crippen LogP contribution in [0.3, 0.4) is 0 Å². The number of fused-ring (bicyclic) bond motifs is 1. The Bertz CT molecular complexity index is 3180. The summed E-state index contributed by atoms with van der Waals surface area (Å²) in [5.41, 5.74) is 3.49. The maximum absolute atomic E-state index is 11.3. The molecule has 0 bridgehead atoms. The third kappa shape index (κ3) is 6.29. The second-order valence-electron chi connectivity index (χ2n) is 13.6. The van der Waals surface area contributed by atoms with Crippen molar-refractivity contribution >= 4 is 11.0 Å². The zero-order valence-corrected chi connectivity index (χ0v) is 28.7. The molecule has 4 nitrogen and oxygen atoms in total. The second-order valence-corrected chi connectivity index (χ2v) is 13.6. The summed E-state index contributed by atoms with van der Waals surface area (Å²) >= 11 is 0. The third-order valence-electron chi connectivity index (χ3n) is 8.96. The summed E-state index contributed by atoms with van der Waals surface area (Å²) in [6, 6.07) is 28.0. The van der Waals surface area contributed by atoms with E-state index in [9.17, 15) is 6.48 Å². The van der Waals surface area contributed by atoms with E-state index in [1.807, 2.05) is 86.0 Å². The number of hydrogen-bond acceptors (Lipinski definition) is 3. The number of pyridine rings is 1. The van der Waals surface area contributed by atoms with Gasteiger partial charge in [-0.25, -0.2) is 4.98 Å². The Balaban J connectivity index is 1.41. The molecule has 0 aliphatic rings. The standard InChI is InChI=1S/C48H41N3O/c1-31-18-20-34(21-19-31)35-22-23-49-43(30-35)38-26-37(27-39(28-38)48(3,4)5)41-15-11-16-44-46(41)50-47(42-14-9-10-17-45(42)52)51(44)40-25-32(2)24-36(29-40)33-12-7-6-8-13-33/h6-30,52H,1-5H3/i1D3,2D3,18D,19D,20D,21D,22D,23D,30D. The van der Waals surface area contributed by atoms with Crippen molar-refractivity contribution in [1.29, 1.82) is 0 Å². The lowest BCUT2D eigenvalue weighted by Crippen LogP contribution is -2.11. The first-order valence-electron chi connectivity index (χ1n) is 23.2. The number of phenols is 1. The Labute approximate surface area is 324 Å². The normalized spacial score (nSPS) is 15.7. The van der Waals surface area contributed by atoms with Crippen molar-refractivity contribution in [1.82, 2.24) is 14.5 Å². The van der Waals surface area contributed by atoms with Crippen LogP contribution in [0, 0.1) is 13.7 Å². The Morgan fingerprint density at radius 1 is 0.635 bits per heavy atom. The van der Waals surface area contributed by atoms with Gasteiger partial charge in [-0.05, 0) is 113 Å². The average molecular weight is 689 g/mol. The molecule has 0 atom stereocenters. The number of aromatic nitrogens is 3. The first kappa shape index (κ1) is 21.2. The van der Waals surface area contributed by atoms with Crippen molar-refractivity contribution in [2.45, 2.75) is 39.9 Å². The van der Waals surface area contributed by atoms with Crippen LogP contribution in [0.5, 0.6) is 5.75 Å². The minimum Gasteiger partial charge on any atom is -0.507 e. The number of benzene rings is 6. The van der Waals surface area contributed by atoms with Crippen LogP contribution >= 0.6 is 0 Å². The van der Waals surface area contributed by atoms with E-state index in [-0.39, 0.29) is 17.0 Å². The van der Waals surface area contributed by atoms with Crippen LogP contribution in [-0.2, 0) is 5.41 Å². The Kier molecular flexibility index (Phi) is 5.35. The van der Waals surface area contributed by atoms with Crippen LogP contribution in [0.15, 0.2) is 152 Å². The van der Waals surface area contributed by atoms with Crippen molar-refractivity contribution in [3.8, 4) is 67.5 Å². The lowest BCUT2D eigenvalue weighted by Gasteiger charge is -2.22. The fourth-order valence-corrected chi connectivity index (χ4v) is 6.34. The molecular weight excluding hydrogens is 635 g/mol. The molecule has 0 saturated heterocycles. The van der Waals surface area contributed by atoms with E-state index >= 15 is 0 Å². The van der Waals surface area contributed by atoms with Gasteiger partial charge in [0.15, 0.2) is 0 Å². The number of aryl methyl sites for hydroxylation is 1. The molecule has 0 unspecified atom stereocenters. The number of rotatable bonds is 6. The van der Waals surface area contributed by atoms with Crippen LogP contribution in [0.25, 0.3) is 72.7 Å². The van der Waals surface area contributed by atoms with E-state index in [1.54, 1.807) is 48.5 Å². The highest BCUT2D eigenvalue weighted by Crippen LogP contribution is 2.40. The number of aromatic hydroxyl groups is 1. The first-order chi connectivity index (χ1) is 30.5. The summed E-state index contributed by atoms with van der Waals surface area (Å²) in [6.45, 7) is 0.519.